The van der Waals surface area contributed by atoms with E-state index in [1.165, 1.54) is 6.20 Å². The maximum atomic E-state index is 10.6. The summed E-state index contributed by atoms with van der Waals surface area (Å²) in [6.07, 6.45) is 1.53. The number of pyridine rings is 1. The van der Waals surface area contributed by atoms with Crippen molar-refractivity contribution in [2.75, 3.05) is 18.4 Å². The third-order valence-corrected chi connectivity index (χ3v) is 2.62. The van der Waals surface area contributed by atoms with Crippen LogP contribution in [0.4, 0.5) is 10.5 Å². The predicted octanol–water partition coefficient (Wildman–Crippen LogP) is 1.19. The Labute approximate surface area is 110 Å². The summed E-state index contributed by atoms with van der Waals surface area (Å²) in [6.45, 7) is 0.864. The smallest absolute Gasteiger partial charge is 0.312 e. The molecule has 2 amide bonds. The molecule has 2 rings (SSSR count). The number of nitrogens with one attached hydrogen (secondary N) is 2. The molecule has 1 heterocycles. The molecule has 0 radical (unpaired) electrons. The van der Waals surface area contributed by atoms with E-state index >= 15 is 0 Å². The van der Waals surface area contributed by atoms with Gasteiger partial charge < -0.3 is 16.4 Å². The molecule has 6 heteroatoms. The van der Waals surface area contributed by atoms with E-state index in [0.29, 0.717) is 18.7 Å². The van der Waals surface area contributed by atoms with Crippen molar-refractivity contribution in [1.29, 1.82) is 5.26 Å². The summed E-state index contributed by atoms with van der Waals surface area (Å²) in [4.78, 5) is 14.8. The third kappa shape index (κ3) is 2.90. The van der Waals surface area contributed by atoms with Crippen molar-refractivity contribution >= 4 is 22.6 Å². The van der Waals surface area contributed by atoms with E-state index in [9.17, 15) is 4.79 Å². The van der Waals surface area contributed by atoms with E-state index in [1.54, 1.807) is 0 Å². The molecule has 0 unspecified atom stereocenters. The number of fused-ring (bicyclic) bond motifs is 1. The summed E-state index contributed by atoms with van der Waals surface area (Å²) in [5, 5.41) is 15.6. The Bertz CT molecular complexity index is 647. The van der Waals surface area contributed by atoms with Crippen LogP contribution in [-0.2, 0) is 0 Å². The van der Waals surface area contributed by atoms with Gasteiger partial charge in [-0.15, -0.1) is 0 Å². The molecule has 0 aliphatic rings. The molecule has 0 atom stereocenters. The van der Waals surface area contributed by atoms with Crippen LogP contribution >= 0.6 is 0 Å². The van der Waals surface area contributed by atoms with Crippen LogP contribution in [0, 0.1) is 11.3 Å². The van der Waals surface area contributed by atoms with Gasteiger partial charge >= 0.3 is 6.03 Å². The quantitative estimate of drug-likeness (QED) is 0.714. The first-order valence-corrected chi connectivity index (χ1v) is 5.77. The number of rotatable bonds is 4. The lowest BCUT2D eigenvalue weighted by atomic mass is 10.1. The molecule has 0 aliphatic carbocycles. The normalized spacial score (nSPS) is 9.84. The second-order valence-corrected chi connectivity index (χ2v) is 3.89. The summed E-state index contributed by atoms with van der Waals surface area (Å²) >= 11 is 0. The molecule has 0 spiro atoms. The molecular formula is C13H13N5O. The number of nitrogens with two attached hydrogens (primary N) is 1. The van der Waals surface area contributed by atoms with Crippen molar-refractivity contribution in [2.24, 2.45) is 5.73 Å². The van der Waals surface area contributed by atoms with Gasteiger partial charge in [-0.1, -0.05) is 18.2 Å². The zero-order valence-electron chi connectivity index (χ0n) is 10.2. The number of para-hydroxylation sites is 1. The van der Waals surface area contributed by atoms with Gasteiger partial charge in [-0.25, -0.2) is 4.79 Å². The Hall–Kier alpha value is -2.81. The minimum atomic E-state index is -0.568. The highest BCUT2D eigenvalue weighted by Gasteiger charge is 2.07. The van der Waals surface area contributed by atoms with Gasteiger partial charge in [-0.2, -0.15) is 5.26 Å². The van der Waals surface area contributed by atoms with Gasteiger partial charge in [0.1, 0.15) is 6.07 Å². The molecule has 0 saturated carbocycles. The van der Waals surface area contributed by atoms with Gasteiger partial charge in [0.15, 0.2) is 0 Å². The van der Waals surface area contributed by atoms with E-state index in [-0.39, 0.29) is 0 Å². The van der Waals surface area contributed by atoms with Gasteiger partial charge in [0.25, 0.3) is 0 Å². The van der Waals surface area contributed by atoms with Crippen LogP contribution in [0.15, 0.2) is 30.5 Å². The summed E-state index contributed by atoms with van der Waals surface area (Å²) in [5.41, 5.74) is 6.98. The second-order valence-electron chi connectivity index (χ2n) is 3.89. The zero-order valence-corrected chi connectivity index (χ0v) is 10.2. The van der Waals surface area contributed by atoms with Gasteiger partial charge in [0.2, 0.25) is 0 Å². The number of nitriles is 1. The van der Waals surface area contributed by atoms with Crippen LogP contribution in [0.25, 0.3) is 10.9 Å². The first-order chi connectivity index (χ1) is 9.22. The maximum Gasteiger partial charge on any atom is 0.312 e. The molecule has 2 aromatic rings. The monoisotopic (exact) mass is 255 g/mol. The second kappa shape index (κ2) is 5.69. The summed E-state index contributed by atoms with van der Waals surface area (Å²) in [5.74, 6) is 0. The number of benzene rings is 1. The first-order valence-electron chi connectivity index (χ1n) is 5.77. The largest absolute Gasteiger partial charge is 0.382 e. The molecule has 0 fully saturated rings. The molecule has 1 aromatic carbocycles. The van der Waals surface area contributed by atoms with Crippen LogP contribution in [0.5, 0.6) is 0 Å². The Morgan fingerprint density at radius 1 is 1.37 bits per heavy atom. The van der Waals surface area contributed by atoms with Gasteiger partial charge in [0.05, 0.1) is 16.8 Å². The number of carbonyl (C=O) groups is 1. The number of hydrogen-bond acceptors (Lipinski definition) is 4. The van der Waals surface area contributed by atoms with Crippen molar-refractivity contribution in [3.63, 3.8) is 0 Å². The van der Waals surface area contributed by atoms with Crippen molar-refractivity contribution in [3.05, 3.63) is 36.0 Å². The van der Waals surface area contributed by atoms with Crippen molar-refractivity contribution < 1.29 is 4.79 Å². The lowest BCUT2D eigenvalue weighted by Gasteiger charge is -2.11. The molecule has 19 heavy (non-hydrogen) atoms. The van der Waals surface area contributed by atoms with Crippen LogP contribution in [0.2, 0.25) is 0 Å². The molecule has 1 aromatic heterocycles. The lowest BCUT2D eigenvalue weighted by molar-refractivity contribution is 0.249. The van der Waals surface area contributed by atoms with E-state index in [1.807, 2.05) is 24.3 Å². The Morgan fingerprint density at radius 2 is 2.16 bits per heavy atom. The number of hydrogen-bond donors (Lipinski definition) is 3. The number of nitrogens with zero attached hydrogens (tertiary/aromatic N) is 2. The fraction of sp³-hybridized carbons (Fsp3) is 0.154. The van der Waals surface area contributed by atoms with Crippen LogP contribution in [-0.4, -0.2) is 24.1 Å². The van der Waals surface area contributed by atoms with Gasteiger partial charge in [0, 0.05) is 24.7 Å². The fourth-order valence-corrected chi connectivity index (χ4v) is 1.79. The van der Waals surface area contributed by atoms with Crippen LogP contribution < -0.4 is 16.4 Å². The van der Waals surface area contributed by atoms with Gasteiger partial charge in [-0.05, 0) is 6.07 Å². The van der Waals surface area contributed by atoms with Crippen molar-refractivity contribution in [2.45, 2.75) is 0 Å². The summed E-state index contributed by atoms with van der Waals surface area (Å²) < 4.78 is 0. The number of urea groups is 1. The zero-order chi connectivity index (χ0) is 13.7. The number of carbonyl (C=O) groups excluding carboxylic acids is 1. The van der Waals surface area contributed by atoms with E-state index in [4.69, 9.17) is 11.0 Å². The maximum absolute atomic E-state index is 10.6. The topological polar surface area (TPSA) is 104 Å². The molecule has 4 N–H and O–H groups in total. The molecule has 96 valence electrons. The Morgan fingerprint density at radius 3 is 2.89 bits per heavy atom. The summed E-state index contributed by atoms with van der Waals surface area (Å²) in [7, 11) is 0. The van der Waals surface area contributed by atoms with E-state index in [0.717, 1.165) is 16.6 Å². The number of primary amides is 1. The SMILES string of the molecule is N#Cc1cnc2ccccc2c1NCCNC(N)=O. The van der Waals surface area contributed by atoms with Crippen molar-refractivity contribution in [1.82, 2.24) is 10.3 Å². The van der Waals surface area contributed by atoms with Gasteiger partial charge in [-0.3, -0.25) is 4.98 Å². The third-order valence-electron chi connectivity index (χ3n) is 2.62. The minimum Gasteiger partial charge on any atom is -0.382 e. The fourth-order valence-electron chi connectivity index (χ4n) is 1.79. The highest BCUT2D eigenvalue weighted by Crippen LogP contribution is 2.24. The molecule has 0 aliphatic heterocycles. The van der Waals surface area contributed by atoms with Crippen LogP contribution in [0.3, 0.4) is 0 Å². The standard InChI is InChI=1S/C13H13N5O/c14-7-9-8-18-11-4-2-1-3-10(11)12(9)16-5-6-17-13(15)19/h1-4,8H,5-6H2,(H,16,18)(H3,15,17,19). The van der Waals surface area contributed by atoms with Crippen molar-refractivity contribution in [3.8, 4) is 6.07 Å². The van der Waals surface area contributed by atoms with E-state index < -0.39 is 6.03 Å². The first kappa shape index (κ1) is 12.6. The molecule has 0 bridgehead atoms. The number of amides is 2. The molecule has 6 nitrogen and oxygen atoms in total. The molecule has 0 saturated heterocycles. The Balaban J connectivity index is 2.24. The number of anilines is 1. The highest BCUT2D eigenvalue weighted by molar-refractivity contribution is 5.93. The van der Waals surface area contributed by atoms with Crippen LogP contribution in [0.1, 0.15) is 5.56 Å². The average molecular weight is 255 g/mol. The minimum absolute atomic E-state index is 0.386. The number of aromatic nitrogens is 1. The highest BCUT2D eigenvalue weighted by atomic mass is 16.2. The summed E-state index contributed by atoms with van der Waals surface area (Å²) in [6, 6.07) is 9.08. The lowest BCUT2D eigenvalue weighted by Crippen LogP contribution is -2.33. The molecular weight excluding hydrogens is 242 g/mol. The predicted molar refractivity (Wildman–Crippen MR) is 72.5 cm³/mol. The average Bonchev–Trinajstić information content (AvgIpc) is 2.43. The van der Waals surface area contributed by atoms with E-state index in [2.05, 4.69) is 21.7 Å². The Kier molecular flexibility index (Phi) is 3.78.